The maximum Gasteiger partial charge on any atom is 0.410 e. The normalized spacial score (nSPS) is 25.1. The number of benzene rings is 1. The first-order valence-corrected chi connectivity index (χ1v) is 15.5. The van der Waals surface area contributed by atoms with Crippen molar-refractivity contribution in [1.82, 2.24) is 14.4 Å². The lowest BCUT2D eigenvalue weighted by Crippen LogP contribution is -2.60. The number of nitrogen functional groups attached to an aromatic ring is 1. The molecule has 1 aromatic carbocycles. The monoisotopic (exact) mass is 663 g/mol. The largest absolute Gasteiger partial charge is 0.477 e. The number of piperazine rings is 1. The molecular weight excluding hydrogens is 632 g/mol. The number of pyridine rings is 1. The third kappa shape index (κ3) is 4.74. The summed E-state index contributed by atoms with van der Waals surface area (Å²) < 4.78 is 38.9. The molecular formula is C29H31F2N5O9S. The van der Waals surface area contributed by atoms with Crippen molar-refractivity contribution < 1.29 is 48.0 Å². The van der Waals surface area contributed by atoms with Gasteiger partial charge in [-0.1, -0.05) is 11.8 Å². The Morgan fingerprint density at radius 2 is 1.72 bits per heavy atom. The summed E-state index contributed by atoms with van der Waals surface area (Å²) >= 11 is 1.03. The number of nitrogens with zero attached hydrogens (tertiary/aromatic N) is 4. The predicted octanol–water partition coefficient (Wildman–Crippen LogP) is 2.14. The maximum atomic E-state index is 16.3. The van der Waals surface area contributed by atoms with Crippen molar-refractivity contribution in [3.63, 3.8) is 0 Å². The number of rotatable bonds is 7. The Morgan fingerprint density at radius 1 is 1.09 bits per heavy atom. The molecule has 2 amide bonds. The van der Waals surface area contributed by atoms with Crippen LogP contribution in [-0.4, -0.2) is 96.9 Å². The van der Waals surface area contributed by atoms with Crippen molar-refractivity contribution in [3.8, 4) is 0 Å². The summed E-state index contributed by atoms with van der Waals surface area (Å²) in [6.45, 7) is 4.11. The fraction of sp³-hybridized carbons (Fsp3) is 0.483. The van der Waals surface area contributed by atoms with E-state index in [0.29, 0.717) is 12.8 Å². The van der Waals surface area contributed by atoms with E-state index in [-0.39, 0.29) is 35.3 Å². The number of aromatic carboxylic acids is 1. The minimum Gasteiger partial charge on any atom is -0.477 e. The smallest absolute Gasteiger partial charge is 0.410 e. The van der Waals surface area contributed by atoms with Crippen LogP contribution in [0.15, 0.2) is 21.6 Å². The molecule has 0 spiro atoms. The van der Waals surface area contributed by atoms with Gasteiger partial charge in [-0.05, 0) is 33.6 Å². The van der Waals surface area contributed by atoms with Crippen LogP contribution in [0.4, 0.5) is 25.0 Å². The molecule has 2 saturated heterocycles. The van der Waals surface area contributed by atoms with Crippen LogP contribution in [0.2, 0.25) is 0 Å². The lowest BCUT2D eigenvalue weighted by Gasteiger charge is -2.44. The van der Waals surface area contributed by atoms with Gasteiger partial charge in [-0.15, -0.1) is 0 Å². The molecule has 1 aliphatic carbocycles. The van der Waals surface area contributed by atoms with E-state index in [9.17, 15) is 39.3 Å². The molecule has 6 rings (SSSR count). The number of aromatic nitrogens is 1. The number of halogens is 2. The van der Waals surface area contributed by atoms with Gasteiger partial charge in [0.15, 0.2) is 11.6 Å². The highest BCUT2D eigenvalue weighted by Crippen LogP contribution is 2.50. The summed E-state index contributed by atoms with van der Waals surface area (Å²) in [5.41, 5.74) is 2.53. The molecule has 3 aliphatic heterocycles. The number of hydrogen-bond acceptors (Lipinski definition) is 10. The van der Waals surface area contributed by atoms with Crippen LogP contribution in [0.25, 0.3) is 10.9 Å². The van der Waals surface area contributed by atoms with Gasteiger partial charge in [0.05, 0.1) is 45.6 Å². The van der Waals surface area contributed by atoms with Gasteiger partial charge in [0.25, 0.3) is 0 Å². The highest BCUT2D eigenvalue weighted by molar-refractivity contribution is 8.04. The number of anilines is 2. The average molecular weight is 664 g/mol. The Bertz CT molecular complexity index is 1800. The lowest BCUT2D eigenvalue weighted by molar-refractivity contribution is -0.156. The molecule has 17 heteroatoms. The SMILES string of the molecule is CC1CN(c2c(F)c(N)c3c(=O)c(C(=O)O)cn(C4CC4)c3c2F)CC(C)N1C(=O)OCC1=C(C(=O)O)N2C(=O)[C@@H]([C@@H](C)O)[C@H]2S1. The molecule has 0 radical (unpaired) electrons. The number of carbonyl (C=O) groups is 4. The highest BCUT2D eigenvalue weighted by Gasteiger charge is 2.57. The Labute approximate surface area is 264 Å². The zero-order chi connectivity index (χ0) is 33.5. The lowest BCUT2D eigenvalue weighted by atomic mass is 9.92. The standard InChI is InChI=1S/C29H31F2N5O9S/c1-10-6-33(23-18(30)20(32)17-22(19(23)31)34(13-4-5-13)8-14(24(17)38)27(40)41)7-11(2)35(10)29(44)45-9-15-21(28(42)43)36-25(39)16(12(3)37)26(36)46-15/h8,10-13,16,26,37H,4-7,9,32H2,1-3H3,(H,40,41)(H,42,43)/t10?,11?,12-,16-,26-/m1/s1. The third-order valence-electron chi connectivity index (χ3n) is 8.88. The van der Waals surface area contributed by atoms with Gasteiger partial charge < -0.3 is 35.3 Å². The number of thioether (sulfide) groups is 1. The minimum atomic E-state index is -1.54. The van der Waals surface area contributed by atoms with Crippen LogP contribution in [0.1, 0.15) is 50.0 Å². The highest BCUT2D eigenvalue weighted by atomic mass is 32.2. The van der Waals surface area contributed by atoms with Crippen molar-refractivity contribution in [2.24, 2.45) is 5.92 Å². The van der Waals surface area contributed by atoms with E-state index in [4.69, 9.17) is 10.5 Å². The van der Waals surface area contributed by atoms with Crippen LogP contribution in [0.5, 0.6) is 0 Å². The molecule has 1 aromatic heterocycles. The summed E-state index contributed by atoms with van der Waals surface area (Å²) in [6, 6.07) is -1.62. The summed E-state index contributed by atoms with van der Waals surface area (Å²) in [6.07, 6.45) is 0.472. The molecule has 5 atom stereocenters. The number of ether oxygens (including phenoxy) is 1. The number of hydrogen-bond donors (Lipinski definition) is 4. The van der Waals surface area contributed by atoms with E-state index in [2.05, 4.69) is 0 Å². The van der Waals surface area contributed by atoms with Gasteiger partial charge in [-0.2, -0.15) is 0 Å². The number of fused-ring (bicyclic) bond motifs is 2. The Balaban J connectivity index is 1.24. The van der Waals surface area contributed by atoms with Crippen LogP contribution < -0.4 is 16.1 Å². The molecule has 4 heterocycles. The van der Waals surface area contributed by atoms with Crippen molar-refractivity contribution in [2.75, 3.05) is 30.3 Å². The maximum absolute atomic E-state index is 16.3. The number of aliphatic hydroxyl groups excluding tert-OH is 1. The van der Waals surface area contributed by atoms with Gasteiger partial charge >= 0.3 is 18.0 Å². The minimum absolute atomic E-state index is 0.0721. The van der Waals surface area contributed by atoms with Crippen LogP contribution >= 0.6 is 11.8 Å². The van der Waals surface area contributed by atoms with Crippen molar-refractivity contribution >= 4 is 58.0 Å². The van der Waals surface area contributed by atoms with Crippen molar-refractivity contribution in [1.29, 1.82) is 0 Å². The molecule has 4 aliphatic rings. The molecule has 0 bridgehead atoms. The molecule has 246 valence electrons. The van der Waals surface area contributed by atoms with E-state index in [1.54, 1.807) is 13.8 Å². The summed E-state index contributed by atoms with van der Waals surface area (Å²) in [5, 5.41) is 28.0. The third-order valence-corrected chi connectivity index (χ3v) is 10.2. The topological polar surface area (TPSA) is 196 Å². The second kappa shape index (κ2) is 11.2. The van der Waals surface area contributed by atoms with Gasteiger partial charge in [0.2, 0.25) is 11.3 Å². The average Bonchev–Trinajstić information content (AvgIpc) is 3.75. The second-order valence-electron chi connectivity index (χ2n) is 12.1. The summed E-state index contributed by atoms with van der Waals surface area (Å²) in [4.78, 5) is 66.3. The summed E-state index contributed by atoms with van der Waals surface area (Å²) in [7, 11) is 0. The molecule has 2 unspecified atom stereocenters. The number of β-lactam (4-membered cyclic amide) rings is 1. The molecule has 14 nitrogen and oxygen atoms in total. The molecule has 1 saturated carbocycles. The van der Waals surface area contributed by atoms with Gasteiger partial charge in [-0.3, -0.25) is 19.4 Å². The van der Waals surface area contributed by atoms with Crippen LogP contribution in [0, 0.1) is 17.6 Å². The zero-order valence-electron chi connectivity index (χ0n) is 24.9. The van der Waals surface area contributed by atoms with E-state index in [0.717, 1.165) is 22.9 Å². The Kier molecular flexibility index (Phi) is 7.66. The van der Waals surface area contributed by atoms with E-state index in [1.807, 2.05) is 0 Å². The van der Waals surface area contributed by atoms with E-state index >= 15 is 8.78 Å². The Morgan fingerprint density at radius 3 is 2.26 bits per heavy atom. The molecule has 5 N–H and O–H groups in total. The van der Waals surface area contributed by atoms with E-state index in [1.165, 1.54) is 21.3 Å². The number of amides is 2. The quantitative estimate of drug-likeness (QED) is 0.249. The first kappa shape index (κ1) is 31.6. The zero-order valence-corrected chi connectivity index (χ0v) is 25.7. The number of aliphatic carboxylic acids is 1. The first-order valence-electron chi connectivity index (χ1n) is 14.6. The number of nitrogens with two attached hydrogens (primary N) is 1. The Hall–Kier alpha value is -4.38. The predicted molar refractivity (Wildman–Crippen MR) is 160 cm³/mol. The number of carboxylic acids is 2. The van der Waals surface area contributed by atoms with Crippen molar-refractivity contribution in [2.45, 2.75) is 63.2 Å². The molecule has 3 fully saturated rings. The second-order valence-corrected chi connectivity index (χ2v) is 13.3. The number of aliphatic hydroxyl groups is 1. The number of carbonyl (C=O) groups excluding carboxylic acids is 2. The first-order chi connectivity index (χ1) is 21.6. The van der Waals surface area contributed by atoms with Gasteiger partial charge in [-0.25, -0.2) is 23.2 Å². The van der Waals surface area contributed by atoms with Gasteiger partial charge in [0.1, 0.15) is 28.9 Å². The fourth-order valence-corrected chi connectivity index (χ4v) is 8.17. The molecule has 2 aromatic rings. The molecule has 46 heavy (non-hydrogen) atoms. The van der Waals surface area contributed by atoms with E-state index < -0.39 is 99.4 Å². The van der Waals surface area contributed by atoms with Gasteiger partial charge in [0, 0.05) is 25.3 Å². The van der Waals surface area contributed by atoms with Crippen LogP contribution in [-0.2, 0) is 14.3 Å². The van der Waals surface area contributed by atoms with Crippen LogP contribution in [0.3, 0.4) is 0 Å². The van der Waals surface area contributed by atoms with Crippen molar-refractivity contribution in [3.05, 3.63) is 44.2 Å². The summed E-state index contributed by atoms with van der Waals surface area (Å²) in [5.74, 6) is -6.53. The fourth-order valence-electron chi connectivity index (χ4n) is 6.65. The number of carboxylic acid groups (broad SMARTS) is 2.